The van der Waals surface area contributed by atoms with Crippen molar-refractivity contribution in [2.75, 3.05) is 0 Å². The maximum Gasteiger partial charge on any atom is 0.298 e. The molecule has 0 amide bonds. The minimum atomic E-state index is -4.79. The van der Waals surface area contributed by atoms with Crippen LogP contribution in [0, 0.1) is 0 Å². The van der Waals surface area contributed by atoms with Gasteiger partial charge in [0.05, 0.1) is 0 Å². The second-order valence-corrected chi connectivity index (χ2v) is 7.42. The highest BCUT2D eigenvalue weighted by Gasteiger charge is 2.22. The molecule has 128 valence electrons. The summed E-state index contributed by atoms with van der Waals surface area (Å²) in [6, 6.07) is 5.22. The quantitative estimate of drug-likeness (QED) is 0.447. The van der Waals surface area contributed by atoms with Crippen molar-refractivity contribution in [3.63, 3.8) is 0 Å². The summed E-state index contributed by atoms with van der Waals surface area (Å²) in [6.07, 6.45) is 0. The third kappa shape index (κ3) is 3.54. The number of phenols is 2. The molecule has 9 nitrogen and oxygen atoms in total. The molecule has 0 aliphatic rings. The molecule has 0 unspecified atom stereocenters. The Balaban J connectivity index is 2.59. The number of carbonyl (C=O) groups is 1. The van der Waals surface area contributed by atoms with E-state index in [4.69, 9.17) is 9.11 Å². The van der Waals surface area contributed by atoms with Crippen molar-refractivity contribution in [2.45, 2.75) is 9.79 Å². The minimum absolute atomic E-state index is 0.285. The van der Waals surface area contributed by atoms with E-state index in [0.717, 1.165) is 24.3 Å². The van der Waals surface area contributed by atoms with Crippen LogP contribution < -0.4 is 0 Å². The van der Waals surface area contributed by atoms with Crippen molar-refractivity contribution in [3.8, 4) is 11.5 Å². The van der Waals surface area contributed by atoms with Crippen molar-refractivity contribution >= 4 is 26.0 Å². The zero-order valence-corrected chi connectivity index (χ0v) is 13.2. The zero-order valence-electron chi connectivity index (χ0n) is 11.6. The number of aromatic hydroxyl groups is 2. The van der Waals surface area contributed by atoms with E-state index in [1.54, 1.807) is 0 Å². The smallest absolute Gasteiger partial charge is 0.298 e. The SMILES string of the molecule is O=C(c1ccc(O)c(S(=O)(=O)O)c1)c1ccc(O)c(S(=O)(=O)O)c1. The lowest BCUT2D eigenvalue weighted by Crippen LogP contribution is -2.07. The summed E-state index contributed by atoms with van der Waals surface area (Å²) >= 11 is 0. The molecule has 0 saturated heterocycles. The van der Waals surface area contributed by atoms with Gasteiger partial charge in [0, 0.05) is 11.1 Å². The van der Waals surface area contributed by atoms with E-state index in [2.05, 4.69) is 0 Å². The van der Waals surface area contributed by atoms with Gasteiger partial charge < -0.3 is 10.2 Å². The molecule has 0 heterocycles. The number of rotatable bonds is 4. The molecule has 4 N–H and O–H groups in total. The molecule has 2 aromatic rings. The molecule has 24 heavy (non-hydrogen) atoms. The highest BCUT2D eigenvalue weighted by Crippen LogP contribution is 2.27. The largest absolute Gasteiger partial charge is 0.506 e. The Labute approximate surface area is 136 Å². The second kappa shape index (κ2) is 5.87. The van der Waals surface area contributed by atoms with E-state index in [-0.39, 0.29) is 11.1 Å². The molecule has 0 atom stereocenters. The van der Waals surface area contributed by atoms with Gasteiger partial charge in [-0.05, 0) is 36.4 Å². The Morgan fingerprint density at radius 2 is 1.04 bits per heavy atom. The average molecular weight is 374 g/mol. The first-order valence-corrected chi connectivity index (χ1v) is 8.95. The summed E-state index contributed by atoms with van der Waals surface area (Å²) in [7, 11) is -9.58. The van der Waals surface area contributed by atoms with Crippen molar-refractivity contribution in [1.82, 2.24) is 0 Å². The van der Waals surface area contributed by atoms with Gasteiger partial charge in [0.2, 0.25) is 0 Å². The standard InChI is InChI=1S/C13H10O9S2/c14-9-3-1-7(5-11(9)23(17,18)19)13(16)8-2-4-10(15)12(6-8)24(20,21)22/h1-6,14-15H,(H,17,18,19)(H,20,21,22). The van der Waals surface area contributed by atoms with Gasteiger partial charge >= 0.3 is 0 Å². The third-order valence-corrected chi connectivity index (χ3v) is 4.77. The average Bonchev–Trinajstić information content (AvgIpc) is 2.45. The number of hydrogen-bond acceptors (Lipinski definition) is 7. The first-order valence-electron chi connectivity index (χ1n) is 6.07. The maximum atomic E-state index is 12.3. The number of benzene rings is 2. The van der Waals surface area contributed by atoms with E-state index in [9.17, 15) is 31.8 Å². The number of hydrogen-bond donors (Lipinski definition) is 4. The fraction of sp³-hybridized carbons (Fsp3) is 0. The molecule has 0 bridgehead atoms. The topological polar surface area (TPSA) is 166 Å². The Morgan fingerprint density at radius 3 is 1.33 bits per heavy atom. The van der Waals surface area contributed by atoms with Gasteiger partial charge in [-0.2, -0.15) is 16.8 Å². The molecule has 0 aliphatic carbocycles. The molecular formula is C13H10O9S2. The van der Waals surface area contributed by atoms with Gasteiger partial charge in [-0.25, -0.2) is 0 Å². The molecule has 0 spiro atoms. The van der Waals surface area contributed by atoms with Crippen LogP contribution in [0.25, 0.3) is 0 Å². The van der Waals surface area contributed by atoms with Crippen LogP contribution in [0.2, 0.25) is 0 Å². The highest BCUT2D eigenvalue weighted by molar-refractivity contribution is 7.86. The third-order valence-electron chi connectivity index (χ3n) is 3.00. The number of phenolic OH excluding ortho intramolecular Hbond substituents is 2. The Kier molecular flexibility index (Phi) is 4.37. The van der Waals surface area contributed by atoms with Crippen LogP contribution in [-0.4, -0.2) is 41.9 Å². The highest BCUT2D eigenvalue weighted by atomic mass is 32.2. The maximum absolute atomic E-state index is 12.3. The second-order valence-electron chi connectivity index (χ2n) is 4.64. The van der Waals surface area contributed by atoms with E-state index in [1.807, 2.05) is 0 Å². The van der Waals surface area contributed by atoms with E-state index >= 15 is 0 Å². The zero-order chi connectivity index (χ0) is 18.3. The first-order chi connectivity index (χ1) is 10.9. The summed E-state index contributed by atoms with van der Waals surface area (Å²) < 4.78 is 62.5. The van der Waals surface area contributed by atoms with Crippen LogP contribution in [0.15, 0.2) is 46.2 Å². The molecular weight excluding hydrogens is 364 g/mol. The lowest BCUT2D eigenvalue weighted by Gasteiger charge is -2.07. The van der Waals surface area contributed by atoms with Crippen LogP contribution in [0.1, 0.15) is 15.9 Å². The Morgan fingerprint density at radius 1 is 0.708 bits per heavy atom. The predicted octanol–water partition coefficient (Wildman–Crippen LogP) is 0.822. The Bertz CT molecular complexity index is 954. The number of carbonyl (C=O) groups excluding carboxylic acids is 1. The van der Waals surface area contributed by atoms with Crippen molar-refractivity contribution < 1.29 is 40.9 Å². The molecule has 0 fully saturated rings. The summed E-state index contributed by atoms with van der Waals surface area (Å²) in [5.41, 5.74) is -0.570. The monoisotopic (exact) mass is 374 g/mol. The van der Waals surface area contributed by atoms with Gasteiger partial charge in [-0.15, -0.1) is 0 Å². The summed E-state index contributed by atoms with van der Waals surface area (Å²) in [5, 5.41) is 18.8. The van der Waals surface area contributed by atoms with Crippen LogP contribution in [-0.2, 0) is 20.2 Å². The van der Waals surface area contributed by atoms with Crippen LogP contribution in [0.3, 0.4) is 0 Å². The summed E-state index contributed by atoms with van der Waals surface area (Å²) in [4.78, 5) is 10.5. The summed E-state index contributed by atoms with van der Waals surface area (Å²) in [5.74, 6) is -2.43. The van der Waals surface area contributed by atoms with Gasteiger partial charge in [0.1, 0.15) is 21.3 Å². The van der Waals surface area contributed by atoms with Gasteiger partial charge in [-0.1, -0.05) is 0 Å². The van der Waals surface area contributed by atoms with Crippen molar-refractivity contribution in [2.24, 2.45) is 0 Å². The summed E-state index contributed by atoms with van der Waals surface area (Å²) in [6.45, 7) is 0. The Hall–Kier alpha value is -2.47. The van der Waals surface area contributed by atoms with Crippen molar-refractivity contribution in [1.29, 1.82) is 0 Å². The van der Waals surface area contributed by atoms with Crippen LogP contribution in [0.4, 0.5) is 0 Å². The lowest BCUT2D eigenvalue weighted by atomic mass is 10.0. The predicted molar refractivity (Wildman–Crippen MR) is 79.3 cm³/mol. The van der Waals surface area contributed by atoms with Gasteiger partial charge in [0.15, 0.2) is 5.78 Å². The van der Waals surface area contributed by atoms with Gasteiger partial charge in [-0.3, -0.25) is 13.9 Å². The molecule has 0 aliphatic heterocycles. The number of ketones is 1. The fourth-order valence-corrected chi connectivity index (χ4v) is 3.11. The fourth-order valence-electron chi connectivity index (χ4n) is 1.89. The minimum Gasteiger partial charge on any atom is -0.506 e. The van der Waals surface area contributed by atoms with E-state index in [1.165, 1.54) is 0 Å². The van der Waals surface area contributed by atoms with Crippen LogP contribution in [0.5, 0.6) is 11.5 Å². The molecule has 0 saturated carbocycles. The van der Waals surface area contributed by atoms with E-state index < -0.39 is 47.3 Å². The molecule has 2 aromatic carbocycles. The first kappa shape index (κ1) is 17.9. The molecule has 11 heteroatoms. The van der Waals surface area contributed by atoms with Crippen molar-refractivity contribution in [3.05, 3.63) is 47.5 Å². The molecule has 0 aromatic heterocycles. The molecule has 2 rings (SSSR count). The van der Waals surface area contributed by atoms with E-state index in [0.29, 0.717) is 12.1 Å². The molecule has 0 radical (unpaired) electrons. The van der Waals surface area contributed by atoms with Gasteiger partial charge in [0.25, 0.3) is 20.2 Å². The lowest BCUT2D eigenvalue weighted by molar-refractivity contribution is 0.103. The normalized spacial score (nSPS) is 12.1. The van der Waals surface area contributed by atoms with Crippen LogP contribution >= 0.6 is 0 Å².